The maximum Gasteiger partial charge on any atom is 0.264 e. The van der Waals surface area contributed by atoms with Gasteiger partial charge in [-0.05, 0) is 42.5 Å². The van der Waals surface area contributed by atoms with Gasteiger partial charge in [0, 0.05) is 79.1 Å². The number of aromatic amines is 1. The molecule has 2 aromatic carbocycles. The van der Waals surface area contributed by atoms with Crippen LogP contribution in [0, 0.1) is 17.8 Å². The SMILES string of the molecule is CC[C@H](C)[C@@H]1NC(=O)CNC(=O)[C@@H]2Cc3c([nH]c4ccccc34)[S+](O)C[C@H](NC(=O)CNC1=O)C(=O)N[C@@H](CC(=O)NCc1ccc(NC(=O)[C@H](C)NC(=O)[C@@H](NC(=O)CCN3C(=O)C=CC3=O)C(C)C)cc1)C(=O)N1C[C@H](O)C[C@H]1C(=O)N[C@@H]([C@@H](C)[C@@H](O)CO)C(=O)N2. The molecule has 0 radical (unpaired) electrons. The van der Waals surface area contributed by atoms with Crippen LogP contribution in [0.15, 0.2) is 65.7 Å². The number of benzene rings is 2. The highest BCUT2D eigenvalue weighted by Gasteiger charge is 2.46. The van der Waals surface area contributed by atoms with Gasteiger partial charge in [0.1, 0.15) is 42.3 Å². The molecule has 33 heteroatoms. The number of hydrogen-bond donors (Lipinski definition) is 16. The summed E-state index contributed by atoms with van der Waals surface area (Å²) in [6.07, 6.45) is -2.64. The number of carbonyl (C=O) groups excluding carboxylic acids is 14. The number of aromatic nitrogens is 1. The van der Waals surface area contributed by atoms with E-state index in [2.05, 4.69) is 63.5 Å². The molecule has 0 aliphatic carbocycles. The van der Waals surface area contributed by atoms with Crippen LogP contribution in [0.5, 0.6) is 0 Å². The summed E-state index contributed by atoms with van der Waals surface area (Å²) in [4.78, 5) is 197. The van der Waals surface area contributed by atoms with Crippen molar-refractivity contribution in [2.24, 2.45) is 17.8 Å². The molecule has 4 aliphatic heterocycles. The number of hydrogen-bond acceptors (Lipinski definition) is 18. The monoisotopic (exact) mass is 1330 g/mol. The maximum absolute atomic E-state index is 15.0. The minimum atomic E-state index is -2.14. The number of carbonyl (C=O) groups is 14. The second-order valence-corrected chi connectivity index (χ2v) is 25.4. The van der Waals surface area contributed by atoms with Gasteiger partial charge in [-0.1, -0.05) is 71.4 Å². The first-order valence-electron chi connectivity index (χ1n) is 30.7. The van der Waals surface area contributed by atoms with E-state index in [-0.39, 0.29) is 35.8 Å². The quantitative estimate of drug-likeness (QED) is 0.0421. The number of H-pyrrole nitrogens is 1. The summed E-state index contributed by atoms with van der Waals surface area (Å²) in [5.74, 6) is -15.1. The molecule has 0 spiro atoms. The van der Waals surface area contributed by atoms with E-state index in [0.717, 1.165) is 22.0 Å². The Morgan fingerprint density at radius 2 is 1.38 bits per heavy atom. The Morgan fingerprint density at radius 3 is 2.04 bits per heavy atom. The Kier molecular flexibility index (Phi) is 24.9. The summed E-state index contributed by atoms with van der Waals surface area (Å²) in [5, 5.41) is 60.7. The van der Waals surface area contributed by atoms with Crippen molar-refractivity contribution in [3.05, 3.63) is 71.8 Å². The first-order valence-corrected chi connectivity index (χ1v) is 32.0. The second-order valence-electron chi connectivity index (χ2n) is 23.9. The molecular formula is C61H81N14O18S+. The fraction of sp³-hybridized carbons (Fsp3) is 0.508. The van der Waals surface area contributed by atoms with E-state index in [0.29, 0.717) is 22.9 Å². The molecule has 1 unspecified atom stereocenters. The van der Waals surface area contributed by atoms with Crippen molar-refractivity contribution in [3.8, 4) is 0 Å². The predicted octanol–water partition coefficient (Wildman–Crippen LogP) is -4.55. The first-order chi connectivity index (χ1) is 44.6. The van der Waals surface area contributed by atoms with Gasteiger partial charge in [-0.15, -0.1) is 0 Å². The first kappa shape index (κ1) is 72.1. The highest BCUT2D eigenvalue weighted by atomic mass is 32.2. The summed E-state index contributed by atoms with van der Waals surface area (Å²) in [5.41, 5.74) is 1.31. The lowest BCUT2D eigenvalue weighted by atomic mass is 9.93. The van der Waals surface area contributed by atoms with Gasteiger partial charge in [-0.25, -0.2) is 0 Å². The minimum absolute atomic E-state index is 0.00151. The summed E-state index contributed by atoms with van der Waals surface area (Å²) in [6, 6.07) is 0.255. The van der Waals surface area contributed by atoms with Crippen molar-refractivity contribution >= 4 is 110 Å². The number of imide groups is 1. The molecule has 4 aliphatic rings. The molecule has 5 heterocycles. The normalized spacial score (nSPS) is 24.4. The molecule has 94 heavy (non-hydrogen) atoms. The van der Waals surface area contributed by atoms with Crippen LogP contribution in [-0.4, -0.2) is 216 Å². The van der Waals surface area contributed by atoms with Crippen LogP contribution in [0.4, 0.5) is 5.69 Å². The number of fused-ring (bicyclic) bond motifs is 5. The van der Waals surface area contributed by atoms with Gasteiger partial charge < -0.3 is 83.7 Å². The largest absolute Gasteiger partial charge is 0.394 e. The number of aliphatic hydroxyl groups is 3. The Bertz CT molecular complexity index is 3420. The van der Waals surface area contributed by atoms with Crippen LogP contribution in [0.1, 0.15) is 78.4 Å². The van der Waals surface area contributed by atoms with Crippen LogP contribution in [0.3, 0.4) is 0 Å². The van der Waals surface area contributed by atoms with E-state index in [9.17, 15) is 82.2 Å². The third kappa shape index (κ3) is 18.5. The van der Waals surface area contributed by atoms with Gasteiger partial charge in [0.05, 0.1) is 38.3 Å². The lowest BCUT2D eigenvalue weighted by molar-refractivity contribution is -0.144. The predicted molar refractivity (Wildman–Crippen MR) is 335 cm³/mol. The third-order valence-electron chi connectivity index (χ3n) is 16.6. The van der Waals surface area contributed by atoms with Crippen molar-refractivity contribution < 1.29 is 87.0 Å². The Morgan fingerprint density at radius 1 is 0.723 bits per heavy atom. The van der Waals surface area contributed by atoms with Crippen molar-refractivity contribution in [2.45, 2.75) is 146 Å². The summed E-state index contributed by atoms with van der Waals surface area (Å²) < 4.78 is 12.3. The number of anilines is 1. The highest BCUT2D eigenvalue weighted by Crippen LogP contribution is 2.30. The third-order valence-corrected chi connectivity index (χ3v) is 18.1. The zero-order valence-electron chi connectivity index (χ0n) is 52.6. The fourth-order valence-corrected chi connectivity index (χ4v) is 12.3. The molecule has 1 aromatic heterocycles. The van der Waals surface area contributed by atoms with E-state index in [1.807, 2.05) is 0 Å². The Labute approximate surface area is 542 Å². The average molecular weight is 1330 g/mol. The molecular weight excluding hydrogens is 1250 g/mol. The number of rotatable bonds is 18. The molecule has 1 saturated heterocycles. The Balaban J connectivity index is 1.15. The van der Waals surface area contributed by atoms with Gasteiger partial charge in [0.2, 0.25) is 82.1 Å². The molecule has 1 fully saturated rings. The summed E-state index contributed by atoms with van der Waals surface area (Å²) in [6.45, 7) is 6.01. The number of para-hydroxylation sites is 1. The number of nitrogens with one attached hydrogen (secondary N) is 12. The number of amides is 14. The van der Waals surface area contributed by atoms with Crippen LogP contribution in [-0.2, 0) is 91.3 Å². The number of nitrogens with zero attached hydrogens (tertiary/aromatic N) is 2. The maximum atomic E-state index is 15.0. The van der Waals surface area contributed by atoms with Crippen molar-refractivity contribution in [3.63, 3.8) is 0 Å². The second kappa shape index (κ2) is 32.5. The van der Waals surface area contributed by atoms with E-state index in [1.165, 1.54) is 38.1 Å². The number of aliphatic hydroxyl groups excluding tert-OH is 3. The zero-order chi connectivity index (χ0) is 68.8. The molecule has 7 rings (SSSR count). The average Bonchev–Trinajstić information content (AvgIpc) is 1.62. The summed E-state index contributed by atoms with van der Waals surface area (Å²) in [7, 11) is 0. The molecule has 32 nitrogen and oxygen atoms in total. The van der Waals surface area contributed by atoms with E-state index in [1.54, 1.807) is 52.0 Å². The van der Waals surface area contributed by atoms with Gasteiger partial charge in [0.15, 0.2) is 11.8 Å². The van der Waals surface area contributed by atoms with Crippen LogP contribution < -0.4 is 58.5 Å². The standard InChI is InChI=1S/C61H80N14O18S/c1-7-30(4)51-57(89)64-24-46(81)67-41-28-94(93)60-37(36-10-8-9-11-38(36)70-60)21-39(54(86)63-25-47(82)72-51)68-59(91)52(31(5)43(78)27-76)73-56(88)42-20-35(77)26-75(42)61(92)40(69-55(41)87)22-45(80)62-23-33-12-14-34(15-13-33)66-53(85)32(6)65-58(90)50(29(2)3)71-44(79)18-19-74-48(83)16-17-49(74)84/h8-17,29-32,35,39-43,50-52,70,76-78,93H,7,18-28H2,1-6H3,(H10-,62,63,64,65,66,67,68,69,71,72,73,79,80,81,82,85,86,87,88,89,90,91)/p+1/t30-,31-,32-,35+,39-,40-,41-,42-,43-,50-,51-,52-,94?/m0/s1. The molecule has 14 amide bonds. The highest BCUT2D eigenvalue weighted by molar-refractivity contribution is 7.91. The Hall–Kier alpha value is -9.31. The van der Waals surface area contributed by atoms with Crippen molar-refractivity contribution in [1.29, 1.82) is 0 Å². The molecule has 16 N–H and O–H groups in total. The van der Waals surface area contributed by atoms with E-state index in [4.69, 9.17) is 0 Å². The van der Waals surface area contributed by atoms with Gasteiger partial charge >= 0.3 is 0 Å². The zero-order valence-corrected chi connectivity index (χ0v) is 53.4. The van der Waals surface area contributed by atoms with Gasteiger partial charge in [-0.2, -0.15) is 4.55 Å². The molecule has 508 valence electrons. The van der Waals surface area contributed by atoms with Crippen molar-refractivity contribution in [2.75, 3.05) is 43.9 Å². The van der Waals surface area contributed by atoms with Crippen LogP contribution >= 0.6 is 0 Å². The molecule has 2 bridgehead atoms. The molecule has 3 aromatic rings. The van der Waals surface area contributed by atoms with E-state index < -0.39 is 223 Å². The smallest absolute Gasteiger partial charge is 0.264 e. The summed E-state index contributed by atoms with van der Waals surface area (Å²) >= 11 is -2.14. The van der Waals surface area contributed by atoms with Crippen molar-refractivity contribution in [1.82, 2.24) is 68.0 Å². The lowest BCUT2D eigenvalue weighted by Crippen LogP contribution is -2.62. The van der Waals surface area contributed by atoms with Crippen LogP contribution in [0.25, 0.3) is 10.9 Å². The van der Waals surface area contributed by atoms with E-state index >= 15 is 4.79 Å². The van der Waals surface area contributed by atoms with Gasteiger partial charge in [0.25, 0.3) is 16.8 Å². The molecule has 13 atom stereocenters. The van der Waals surface area contributed by atoms with Crippen LogP contribution in [0.2, 0.25) is 0 Å². The minimum Gasteiger partial charge on any atom is -0.394 e. The fourth-order valence-electron chi connectivity index (χ4n) is 10.9. The topological polar surface area (TPSA) is 474 Å². The lowest BCUT2D eigenvalue weighted by Gasteiger charge is -2.32. The van der Waals surface area contributed by atoms with Gasteiger partial charge in [-0.3, -0.25) is 72.0 Å². The molecule has 0 saturated carbocycles.